The van der Waals surface area contributed by atoms with Crippen molar-refractivity contribution in [2.24, 2.45) is 0 Å². The van der Waals surface area contributed by atoms with E-state index in [4.69, 9.17) is 4.52 Å². The second-order valence-corrected chi connectivity index (χ2v) is 6.19. The summed E-state index contributed by atoms with van der Waals surface area (Å²) in [5, 5.41) is 6.55. The average molecular weight is 317 g/mol. The molecule has 1 amide bonds. The maximum Gasteiger partial charge on any atom is 0.236 e. The molecule has 0 unspecified atom stereocenters. The lowest BCUT2D eigenvalue weighted by Crippen LogP contribution is -2.30. The summed E-state index contributed by atoms with van der Waals surface area (Å²) in [6, 6.07) is 7.93. The van der Waals surface area contributed by atoms with E-state index in [2.05, 4.69) is 22.0 Å². The van der Waals surface area contributed by atoms with Gasteiger partial charge >= 0.3 is 0 Å². The van der Waals surface area contributed by atoms with Crippen molar-refractivity contribution in [3.8, 4) is 11.4 Å². The Balaban J connectivity index is 1.91. The van der Waals surface area contributed by atoms with Crippen LogP contribution in [0.15, 0.2) is 41.4 Å². The van der Waals surface area contributed by atoms with E-state index < -0.39 is 0 Å². The molecule has 0 saturated heterocycles. The van der Waals surface area contributed by atoms with Gasteiger partial charge in [0, 0.05) is 12.1 Å². The lowest BCUT2D eigenvalue weighted by Gasteiger charge is -2.08. The molecule has 22 heavy (non-hydrogen) atoms. The molecular weight excluding hydrogens is 298 g/mol. The molecule has 6 heteroatoms. The van der Waals surface area contributed by atoms with Crippen molar-refractivity contribution < 1.29 is 9.32 Å². The van der Waals surface area contributed by atoms with Gasteiger partial charge in [-0.3, -0.25) is 4.79 Å². The molecule has 116 valence electrons. The number of nitrogens with zero attached hydrogens (tertiary/aromatic N) is 2. The fourth-order valence-corrected chi connectivity index (χ4v) is 2.47. The highest BCUT2D eigenvalue weighted by atomic mass is 32.2. The molecule has 0 fully saturated rings. The first-order chi connectivity index (χ1) is 10.6. The van der Waals surface area contributed by atoms with E-state index in [1.165, 1.54) is 17.3 Å². The van der Waals surface area contributed by atoms with Gasteiger partial charge < -0.3 is 9.84 Å². The van der Waals surface area contributed by atoms with Gasteiger partial charge in [-0.1, -0.05) is 41.1 Å². The molecular formula is C16H19N3O2S. The first-order valence-corrected chi connectivity index (χ1v) is 8.05. The number of aryl methyl sites for hydroxylation is 1. The number of carbonyl (C=O) groups excluding carboxylic acids is 1. The Morgan fingerprint density at radius 3 is 2.86 bits per heavy atom. The second kappa shape index (κ2) is 7.79. The highest BCUT2D eigenvalue weighted by Crippen LogP contribution is 2.20. The molecule has 1 aromatic carbocycles. The van der Waals surface area contributed by atoms with Crippen LogP contribution in [0.25, 0.3) is 11.4 Å². The molecule has 0 aliphatic carbocycles. The predicted molar refractivity (Wildman–Crippen MR) is 88.4 cm³/mol. The molecule has 0 aliphatic heterocycles. The largest absolute Gasteiger partial charge is 0.352 e. The van der Waals surface area contributed by atoms with Crippen LogP contribution in [0.5, 0.6) is 0 Å². The molecule has 2 aromatic rings. The average Bonchev–Trinajstić information content (AvgIpc) is 2.99. The summed E-state index contributed by atoms with van der Waals surface area (Å²) in [4.78, 5) is 16.1. The van der Waals surface area contributed by atoms with Crippen LogP contribution in [0, 0.1) is 6.92 Å². The molecule has 0 saturated carbocycles. The molecule has 0 spiro atoms. The van der Waals surface area contributed by atoms with Crippen molar-refractivity contribution in [1.82, 2.24) is 15.5 Å². The van der Waals surface area contributed by atoms with Crippen LogP contribution in [0.4, 0.5) is 0 Å². The zero-order valence-corrected chi connectivity index (χ0v) is 13.5. The third kappa shape index (κ3) is 4.46. The van der Waals surface area contributed by atoms with E-state index in [0.717, 1.165) is 5.56 Å². The summed E-state index contributed by atoms with van der Waals surface area (Å²) in [6.07, 6.45) is 1.65. The van der Waals surface area contributed by atoms with Crippen LogP contribution in [0.2, 0.25) is 0 Å². The summed E-state index contributed by atoms with van der Waals surface area (Å²) in [6.45, 7) is 7.92. The Morgan fingerprint density at radius 1 is 1.45 bits per heavy atom. The molecule has 0 radical (unpaired) electrons. The van der Waals surface area contributed by atoms with Gasteiger partial charge in [-0.2, -0.15) is 4.98 Å². The Hall–Kier alpha value is -2.08. The molecule has 2 rings (SSSR count). The van der Waals surface area contributed by atoms with E-state index in [1.807, 2.05) is 38.1 Å². The Labute approximate surface area is 134 Å². The van der Waals surface area contributed by atoms with Crippen molar-refractivity contribution in [2.75, 3.05) is 6.54 Å². The van der Waals surface area contributed by atoms with Crippen LogP contribution in [-0.4, -0.2) is 27.8 Å². The Bertz CT molecular complexity index is 637. The van der Waals surface area contributed by atoms with Gasteiger partial charge in [0.05, 0.1) is 11.0 Å². The topological polar surface area (TPSA) is 68.0 Å². The summed E-state index contributed by atoms with van der Waals surface area (Å²) in [7, 11) is 0. The Kier molecular flexibility index (Phi) is 5.77. The fourth-order valence-electron chi connectivity index (χ4n) is 1.72. The van der Waals surface area contributed by atoms with Gasteiger partial charge in [0.1, 0.15) is 0 Å². The number of rotatable bonds is 7. The summed E-state index contributed by atoms with van der Waals surface area (Å²) in [5.41, 5.74) is 2.10. The van der Waals surface area contributed by atoms with Crippen LogP contribution in [-0.2, 0) is 10.5 Å². The van der Waals surface area contributed by atoms with E-state index in [1.54, 1.807) is 6.08 Å². The quantitative estimate of drug-likeness (QED) is 0.795. The van der Waals surface area contributed by atoms with Crippen molar-refractivity contribution >= 4 is 17.7 Å². The van der Waals surface area contributed by atoms with Crippen molar-refractivity contribution in [3.63, 3.8) is 0 Å². The first kappa shape index (κ1) is 16.3. The fraction of sp³-hybridized carbons (Fsp3) is 0.312. The van der Waals surface area contributed by atoms with E-state index in [0.29, 0.717) is 24.0 Å². The van der Waals surface area contributed by atoms with Crippen molar-refractivity contribution in [3.05, 3.63) is 48.4 Å². The smallest absolute Gasteiger partial charge is 0.236 e. The Morgan fingerprint density at radius 2 is 2.18 bits per heavy atom. The normalized spacial score (nSPS) is 11.9. The van der Waals surface area contributed by atoms with Gasteiger partial charge in [-0.25, -0.2) is 0 Å². The highest BCUT2D eigenvalue weighted by molar-refractivity contribution is 7.99. The SMILES string of the molecule is C=CCNC(=O)[C@@H](C)SCc1nc(-c2ccc(C)cc2)no1. The first-order valence-electron chi connectivity index (χ1n) is 7.00. The molecule has 0 aliphatic rings. The third-order valence-electron chi connectivity index (χ3n) is 3.02. The predicted octanol–water partition coefficient (Wildman–Crippen LogP) is 2.97. The zero-order chi connectivity index (χ0) is 15.9. The van der Waals surface area contributed by atoms with Crippen LogP contribution >= 0.6 is 11.8 Å². The summed E-state index contributed by atoms with van der Waals surface area (Å²) >= 11 is 1.46. The van der Waals surface area contributed by atoms with Gasteiger partial charge in [0.2, 0.25) is 17.6 Å². The van der Waals surface area contributed by atoms with Crippen molar-refractivity contribution in [2.45, 2.75) is 24.9 Å². The van der Waals surface area contributed by atoms with E-state index in [9.17, 15) is 4.79 Å². The number of hydrogen-bond acceptors (Lipinski definition) is 5. The lowest BCUT2D eigenvalue weighted by molar-refractivity contribution is -0.120. The minimum atomic E-state index is -0.185. The zero-order valence-electron chi connectivity index (χ0n) is 12.7. The lowest BCUT2D eigenvalue weighted by atomic mass is 10.1. The molecule has 1 atom stereocenters. The van der Waals surface area contributed by atoms with Gasteiger partial charge in [-0.05, 0) is 13.8 Å². The number of thioether (sulfide) groups is 1. The molecule has 1 heterocycles. The molecule has 0 bridgehead atoms. The summed E-state index contributed by atoms with van der Waals surface area (Å²) < 4.78 is 5.23. The molecule has 1 N–H and O–H groups in total. The number of nitrogens with one attached hydrogen (secondary N) is 1. The summed E-state index contributed by atoms with van der Waals surface area (Å²) in [5.74, 6) is 1.56. The third-order valence-corrected chi connectivity index (χ3v) is 4.15. The number of benzene rings is 1. The number of carbonyl (C=O) groups is 1. The molecule has 5 nitrogen and oxygen atoms in total. The van der Waals surface area contributed by atoms with E-state index in [-0.39, 0.29) is 11.2 Å². The van der Waals surface area contributed by atoms with Gasteiger partial charge in [0.25, 0.3) is 0 Å². The van der Waals surface area contributed by atoms with E-state index >= 15 is 0 Å². The minimum absolute atomic E-state index is 0.0248. The second-order valence-electron chi connectivity index (χ2n) is 4.86. The number of amides is 1. The van der Waals surface area contributed by atoms with Crippen LogP contribution in [0.3, 0.4) is 0 Å². The maximum atomic E-state index is 11.7. The number of aromatic nitrogens is 2. The van der Waals surface area contributed by atoms with Crippen molar-refractivity contribution in [1.29, 1.82) is 0 Å². The number of hydrogen-bond donors (Lipinski definition) is 1. The monoisotopic (exact) mass is 317 g/mol. The maximum absolute atomic E-state index is 11.7. The minimum Gasteiger partial charge on any atom is -0.352 e. The highest BCUT2D eigenvalue weighted by Gasteiger charge is 2.15. The van der Waals surface area contributed by atoms with Crippen LogP contribution < -0.4 is 5.32 Å². The molecule has 1 aromatic heterocycles. The van der Waals surface area contributed by atoms with Gasteiger partial charge in [-0.15, -0.1) is 18.3 Å². The standard InChI is InChI=1S/C16H19N3O2S/c1-4-9-17-16(20)12(3)22-10-14-18-15(19-21-14)13-7-5-11(2)6-8-13/h4-8,12H,1,9-10H2,2-3H3,(H,17,20)/t12-/m1/s1. The van der Waals surface area contributed by atoms with Gasteiger partial charge in [0.15, 0.2) is 0 Å². The van der Waals surface area contributed by atoms with Crippen LogP contribution in [0.1, 0.15) is 18.4 Å².